The summed E-state index contributed by atoms with van der Waals surface area (Å²) in [7, 11) is 2.00. The van der Waals surface area contributed by atoms with E-state index in [9.17, 15) is 0 Å². The Morgan fingerprint density at radius 2 is 2.05 bits per heavy atom. The molecular weight excluding hydrogens is 262 g/mol. The Bertz CT molecular complexity index is 583. The van der Waals surface area contributed by atoms with E-state index in [4.69, 9.17) is 4.42 Å². The number of furan rings is 1. The smallest absolute Gasteiger partial charge is 0.106 e. The molecule has 21 heavy (non-hydrogen) atoms. The summed E-state index contributed by atoms with van der Waals surface area (Å²) < 4.78 is 7.77. The molecule has 0 spiro atoms. The Hall–Kier alpha value is -1.55. The molecule has 2 aromatic rings. The minimum absolute atomic E-state index is 0.345. The fourth-order valence-corrected chi connectivity index (χ4v) is 2.93. The number of nitrogens with one attached hydrogen (secondary N) is 1. The first-order valence-electron chi connectivity index (χ1n) is 7.81. The second-order valence-corrected chi connectivity index (χ2v) is 5.74. The van der Waals surface area contributed by atoms with Crippen LogP contribution in [0.5, 0.6) is 0 Å². The van der Waals surface area contributed by atoms with Crippen molar-refractivity contribution in [1.82, 2.24) is 15.1 Å². The summed E-state index contributed by atoms with van der Waals surface area (Å²) in [4.78, 5) is 0. The molecular formula is C17H27N3O. The average Bonchev–Trinajstić information content (AvgIpc) is 2.96. The van der Waals surface area contributed by atoms with Gasteiger partial charge in [-0.25, -0.2) is 0 Å². The maximum absolute atomic E-state index is 5.81. The Morgan fingerprint density at radius 3 is 2.57 bits per heavy atom. The lowest BCUT2D eigenvalue weighted by atomic mass is 9.97. The molecule has 2 rings (SSSR count). The molecule has 1 unspecified atom stereocenters. The molecule has 4 nitrogen and oxygen atoms in total. The third kappa shape index (κ3) is 3.56. The summed E-state index contributed by atoms with van der Waals surface area (Å²) >= 11 is 0. The Labute approximate surface area is 127 Å². The molecule has 0 aliphatic carbocycles. The summed E-state index contributed by atoms with van der Waals surface area (Å²) in [6, 6.07) is 2.44. The molecule has 0 fully saturated rings. The molecule has 116 valence electrons. The normalized spacial score (nSPS) is 12.8. The maximum atomic E-state index is 5.81. The minimum atomic E-state index is 0.345. The highest BCUT2D eigenvalue weighted by atomic mass is 16.3. The zero-order chi connectivity index (χ0) is 15.4. The number of rotatable bonds is 7. The second kappa shape index (κ2) is 6.94. The Morgan fingerprint density at radius 1 is 1.29 bits per heavy atom. The quantitative estimate of drug-likeness (QED) is 0.846. The van der Waals surface area contributed by atoms with Crippen LogP contribution in [0.4, 0.5) is 0 Å². The lowest BCUT2D eigenvalue weighted by Crippen LogP contribution is -2.24. The summed E-state index contributed by atoms with van der Waals surface area (Å²) in [5.74, 6) is 2.08. The van der Waals surface area contributed by atoms with Gasteiger partial charge in [0.15, 0.2) is 0 Å². The van der Waals surface area contributed by atoms with Gasteiger partial charge in [-0.2, -0.15) is 5.10 Å². The number of aryl methyl sites for hydroxylation is 4. The lowest BCUT2D eigenvalue weighted by molar-refractivity contribution is 0.464. The zero-order valence-electron chi connectivity index (χ0n) is 13.9. The van der Waals surface area contributed by atoms with Crippen LogP contribution in [0.2, 0.25) is 0 Å². The molecule has 0 amide bonds. The standard InChI is InChI=1S/C17H27N3O/c1-6-10-18-16(8-7-15-9-11-19-20(15)5)17-12(2)13(3)21-14(17)4/h9,11,16,18H,6-8,10H2,1-5H3. The number of hydrogen-bond acceptors (Lipinski definition) is 3. The number of hydrogen-bond donors (Lipinski definition) is 1. The second-order valence-electron chi connectivity index (χ2n) is 5.74. The van der Waals surface area contributed by atoms with Crippen LogP contribution in [0.25, 0.3) is 0 Å². The summed E-state index contributed by atoms with van der Waals surface area (Å²) in [6.07, 6.45) is 5.07. The monoisotopic (exact) mass is 289 g/mol. The van der Waals surface area contributed by atoms with E-state index in [1.807, 2.05) is 24.9 Å². The first-order chi connectivity index (χ1) is 10.0. The van der Waals surface area contributed by atoms with Crippen LogP contribution in [0.1, 0.15) is 54.1 Å². The van der Waals surface area contributed by atoms with Gasteiger partial charge >= 0.3 is 0 Å². The van der Waals surface area contributed by atoms with Crippen LogP contribution < -0.4 is 5.32 Å². The summed E-state index contributed by atoms with van der Waals surface area (Å²) in [5.41, 5.74) is 3.89. The van der Waals surface area contributed by atoms with E-state index in [0.29, 0.717) is 6.04 Å². The van der Waals surface area contributed by atoms with Crippen LogP contribution in [-0.4, -0.2) is 16.3 Å². The molecule has 4 heteroatoms. The first kappa shape index (κ1) is 15.8. The SMILES string of the molecule is CCCNC(CCc1ccnn1C)c1c(C)oc(C)c1C. The van der Waals surface area contributed by atoms with E-state index < -0.39 is 0 Å². The molecule has 0 aliphatic heterocycles. The third-order valence-corrected chi connectivity index (χ3v) is 4.22. The van der Waals surface area contributed by atoms with Gasteiger partial charge in [-0.15, -0.1) is 0 Å². The van der Waals surface area contributed by atoms with Crippen molar-refractivity contribution in [2.24, 2.45) is 7.05 Å². The van der Waals surface area contributed by atoms with Gasteiger partial charge in [0.1, 0.15) is 11.5 Å². The highest BCUT2D eigenvalue weighted by molar-refractivity contribution is 5.34. The lowest BCUT2D eigenvalue weighted by Gasteiger charge is -2.19. The molecule has 2 aromatic heterocycles. The summed E-state index contributed by atoms with van der Waals surface area (Å²) in [5, 5.41) is 7.92. The molecule has 0 saturated heterocycles. The fraction of sp³-hybridized carbons (Fsp3) is 0.588. The van der Waals surface area contributed by atoms with E-state index in [2.05, 4.69) is 37.3 Å². The molecule has 2 heterocycles. The number of aromatic nitrogens is 2. The van der Waals surface area contributed by atoms with Gasteiger partial charge in [0.25, 0.3) is 0 Å². The van der Waals surface area contributed by atoms with Crippen molar-refractivity contribution < 1.29 is 4.42 Å². The molecule has 0 bridgehead atoms. The molecule has 0 radical (unpaired) electrons. The molecule has 0 saturated carbocycles. The zero-order valence-corrected chi connectivity index (χ0v) is 13.9. The average molecular weight is 289 g/mol. The van der Waals surface area contributed by atoms with Crippen molar-refractivity contribution in [2.75, 3.05) is 6.54 Å². The highest BCUT2D eigenvalue weighted by Gasteiger charge is 2.20. The van der Waals surface area contributed by atoms with Gasteiger partial charge in [0, 0.05) is 30.5 Å². The maximum Gasteiger partial charge on any atom is 0.106 e. The molecule has 0 aliphatic rings. The topological polar surface area (TPSA) is 43.0 Å². The van der Waals surface area contributed by atoms with E-state index >= 15 is 0 Å². The number of nitrogens with zero attached hydrogens (tertiary/aromatic N) is 2. The van der Waals surface area contributed by atoms with Crippen molar-refractivity contribution in [3.05, 3.63) is 40.6 Å². The van der Waals surface area contributed by atoms with Crippen molar-refractivity contribution in [3.63, 3.8) is 0 Å². The van der Waals surface area contributed by atoms with Gasteiger partial charge in [0.2, 0.25) is 0 Å². The van der Waals surface area contributed by atoms with Crippen molar-refractivity contribution in [1.29, 1.82) is 0 Å². The van der Waals surface area contributed by atoms with Crippen LogP contribution >= 0.6 is 0 Å². The predicted octanol–water partition coefficient (Wildman–Crippen LogP) is 3.61. The fourth-order valence-electron chi connectivity index (χ4n) is 2.93. The minimum Gasteiger partial charge on any atom is -0.466 e. The van der Waals surface area contributed by atoms with E-state index in [1.54, 1.807) is 0 Å². The van der Waals surface area contributed by atoms with Gasteiger partial charge in [0.05, 0.1) is 0 Å². The Kier molecular flexibility index (Phi) is 5.23. The Balaban J connectivity index is 2.16. The molecule has 0 aromatic carbocycles. The first-order valence-corrected chi connectivity index (χ1v) is 7.81. The molecule has 1 N–H and O–H groups in total. The highest BCUT2D eigenvalue weighted by Crippen LogP contribution is 2.29. The van der Waals surface area contributed by atoms with Crippen molar-refractivity contribution >= 4 is 0 Å². The van der Waals surface area contributed by atoms with Gasteiger partial charge in [-0.1, -0.05) is 6.92 Å². The van der Waals surface area contributed by atoms with Crippen LogP contribution in [-0.2, 0) is 13.5 Å². The third-order valence-electron chi connectivity index (χ3n) is 4.22. The predicted molar refractivity (Wildman–Crippen MR) is 85.5 cm³/mol. The van der Waals surface area contributed by atoms with Crippen LogP contribution in [0.3, 0.4) is 0 Å². The van der Waals surface area contributed by atoms with Gasteiger partial charge in [-0.3, -0.25) is 4.68 Å². The summed E-state index contributed by atoms with van der Waals surface area (Å²) in [6.45, 7) is 9.50. The van der Waals surface area contributed by atoms with E-state index in [1.165, 1.54) is 16.8 Å². The van der Waals surface area contributed by atoms with Gasteiger partial charge < -0.3 is 9.73 Å². The van der Waals surface area contributed by atoms with E-state index in [0.717, 1.165) is 37.3 Å². The van der Waals surface area contributed by atoms with Gasteiger partial charge in [-0.05, 0) is 58.2 Å². The van der Waals surface area contributed by atoms with Crippen LogP contribution in [0, 0.1) is 20.8 Å². The van der Waals surface area contributed by atoms with E-state index in [-0.39, 0.29) is 0 Å². The molecule has 1 atom stereocenters. The van der Waals surface area contributed by atoms with Crippen LogP contribution in [0.15, 0.2) is 16.7 Å². The van der Waals surface area contributed by atoms with Crippen molar-refractivity contribution in [3.8, 4) is 0 Å². The van der Waals surface area contributed by atoms with Crippen molar-refractivity contribution in [2.45, 2.75) is 53.0 Å². The largest absolute Gasteiger partial charge is 0.466 e.